The van der Waals surface area contributed by atoms with E-state index in [1.807, 2.05) is 18.2 Å². The first-order chi connectivity index (χ1) is 7.32. The van der Waals surface area contributed by atoms with Gasteiger partial charge < -0.3 is 0 Å². The third-order valence-corrected chi connectivity index (χ3v) is 4.74. The van der Waals surface area contributed by atoms with Crippen LogP contribution in [0, 0.1) is 0 Å². The summed E-state index contributed by atoms with van der Waals surface area (Å²) in [5, 5.41) is -0.945. The highest BCUT2D eigenvalue weighted by atomic mass is 79.9. The van der Waals surface area contributed by atoms with Crippen molar-refractivity contribution >= 4 is 31.6 Å². The first-order valence-corrected chi connectivity index (χ1v) is 7.52. The van der Waals surface area contributed by atoms with Crippen LogP contribution in [0.4, 0.5) is 0 Å². The van der Waals surface area contributed by atoms with Crippen molar-refractivity contribution in [3.05, 3.63) is 34.3 Å². The highest BCUT2D eigenvalue weighted by Crippen LogP contribution is 2.17. The van der Waals surface area contributed by atoms with Crippen LogP contribution in [0.25, 0.3) is 0 Å². The van der Waals surface area contributed by atoms with E-state index in [9.17, 15) is 13.2 Å². The molecule has 0 saturated heterocycles. The molecule has 1 aromatic rings. The van der Waals surface area contributed by atoms with E-state index in [1.54, 1.807) is 6.07 Å². The lowest BCUT2D eigenvalue weighted by molar-refractivity contribution is -0.117. The van der Waals surface area contributed by atoms with E-state index in [-0.39, 0.29) is 12.2 Å². The second-order valence-corrected chi connectivity index (χ2v) is 6.93. The number of carbonyl (C=O) groups excluding carboxylic acids is 1. The quantitative estimate of drug-likeness (QED) is 0.855. The van der Waals surface area contributed by atoms with Gasteiger partial charge in [-0.15, -0.1) is 0 Å². The summed E-state index contributed by atoms with van der Waals surface area (Å²) in [4.78, 5) is 11.7. The maximum atomic E-state index is 11.7. The van der Waals surface area contributed by atoms with Crippen molar-refractivity contribution in [1.29, 1.82) is 0 Å². The van der Waals surface area contributed by atoms with Crippen LogP contribution in [-0.2, 0) is 21.1 Å². The summed E-state index contributed by atoms with van der Waals surface area (Å²) in [6.07, 6.45) is 1.21. The molecule has 0 amide bonds. The molecule has 0 bridgehead atoms. The third-order valence-electron chi connectivity index (χ3n) is 2.42. The second kappa shape index (κ2) is 5.10. The van der Waals surface area contributed by atoms with Gasteiger partial charge in [-0.1, -0.05) is 34.1 Å². The lowest BCUT2D eigenvalue weighted by Gasteiger charge is -2.09. The van der Waals surface area contributed by atoms with Crippen molar-refractivity contribution in [2.45, 2.75) is 18.6 Å². The smallest absolute Gasteiger partial charge is 0.157 e. The Balaban J connectivity index is 2.84. The maximum Gasteiger partial charge on any atom is 0.157 e. The molecule has 1 aromatic carbocycles. The molecular formula is C11H13BrO3S. The minimum absolute atomic E-state index is 0.135. The fourth-order valence-electron chi connectivity index (χ4n) is 1.21. The Bertz CT molecular complexity index is 494. The molecule has 0 aliphatic heterocycles. The lowest BCUT2D eigenvalue weighted by Crippen LogP contribution is -2.27. The van der Waals surface area contributed by atoms with Crippen molar-refractivity contribution < 1.29 is 13.2 Å². The summed E-state index contributed by atoms with van der Waals surface area (Å²) in [5.41, 5.74) is 0.808. The average molecular weight is 305 g/mol. The highest BCUT2D eigenvalue weighted by molar-refractivity contribution is 9.10. The Labute approximate surface area is 104 Å². The fourth-order valence-corrected chi connectivity index (χ4v) is 2.20. The van der Waals surface area contributed by atoms with Gasteiger partial charge in [0.2, 0.25) is 0 Å². The number of Topliss-reactive ketones (excluding diaryl/α,β-unsaturated/α-hetero) is 1. The van der Waals surface area contributed by atoms with E-state index < -0.39 is 15.1 Å². The molecule has 1 rings (SSSR count). The molecule has 0 aliphatic carbocycles. The van der Waals surface area contributed by atoms with Gasteiger partial charge >= 0.3 is 0 Å². The van der Waals surface area contributed by atoms with Crippen LogP contribution in [0.2, 0.25) is 0 Å². The Morgan fingerprint density at radius 3 is 2.44 bits per heavy atom. The molecule has 1 unspecified atom stereocenters. The van der Waals surface area contributed by atoms with Crippen molar-refractivity contribution in [2.75, 3.05) is 6.26 Å². The lowest BCUT2D eigenvalue weighted by atomic mass is 10.1. The Kier molecular flexibility index (Phi) is 4.27. The monoisotopic (exact) mass is 304 g/mol. The molecule has 16 heavy (non-hydrogen) atoms. The number of benzene rings is 1. The number of hydrogen-bond acceptors (Lipinski definition) is 3. The molecule has 1 atom stereocenters. The number of halogens is 1. The van der Waals surface area contributed by atoms with E-state index in [2.05, 4.69) is 15.9 Å². The van der Waals surface area contributed by atoms with Gasteiger partial charge in [-0.25, -0.2) is 8.42 Å². The predicted octanol–water partition coefficient (Wildman–Crippen LogP) is 1.99. The van der Waals surface area contributed by atoms with Crippen molar-refractivity contribution in [3.63, 3.8) is 0 Å². The standard InChI is InChI=1S/C11H13BrO3S/c1-8(16(2,14)15)11(13)7-9-5-3-4-6-10(9)12/h3-6,8H,7H2,1-2H3. The van der Waals surface area contributed by atoms with E-state index in [0.29, 0.717) is 0 Å². The first kappa shape index (κ1) is 13.4. The average Bonchev–Trinajstić information content (AvgIpc) is 2.19. The van der Waals surface area contributed by atoms with Crippen LogP contribution in [0.3, 0.4) is 0 Å². The molecule has 0 heterocycles. The van der Waals surface area contributed by atoms with Crippen LogP contribution in [0.1, 0.15) is 12.5 Å². The summed E-state index contributed by atoms with van der Waals surface area (Å²) in [6, 6.07) is 7.29. The molecule has 5 heteroatoms. The molecule has 0 saturated carbocycles. The molecule has 88 valence electrons. The highest BCUT2D eigenvalue weighted by Gasteiger charge is 2.23. The van der Waals surface area contributed by atoms with Gasteiger partial charge in [-0.05, 0) is 18.6 Å². The normalized spacial score (nSPS) is 13.4. The summed E-state index contributed by atoms with van der Waals surface area (Å²) in [7, 11) is -3.30. The zero-order valence-corrected chi connectivity index (χ0v) is 11.5. The number of carbonyl (C=O) groups is 1. The van der Waals surface area contributed by atoms with Crippen LogP contribution in [-0.4, -0.2) is 25.7 Å². The largest absolute Gasteiger partial charge is 0.298 e. The SMILES string of the molecule is CC(C(=O)Cc1ccccc1Br)S(C)(=O)=O. The molecule has 0 N–H and O–H groups in total. The van der Waals surface area contributed by atoms with E-state index in [1.165, 1.54) is 6.92 Å². The van der Waals surface area contributed by atoms with Crippen molar-refractivity contribution in [1.82, 2.24) is 0 Å². The number of ketones is 1. The van der Waals surface area contributed by atoms with Crippen LogP contribution in [0.15, 0.2) is 28.7 Å². The van der Waals surface area contributed by atoms with Gasteiger partial charge in [0.15, 0.2) is 15.6 Å². The Morgan fingerprint density at radius 2 is 1.94 bits per heavy atom. The van der Waals surface area contributed by atoms with Gasteiger partial charge in [0.1, 0.15) is 5.25 Å². The summed E-state index contributed by atoms with van der Waals surface area (Å²) in [6.45, 7) is 1.43. The summed E-state index contributed by atoms with van der Waals surface area (Å²) < 4.78 is 23.3. The van der Waals surface area contributed by atoms with Gasteiger partial charge in [-0.2, -0.15) is 0 Å². The molecule has 3 nitrogen and oxygen atoms in total. The van der Waals surface area contributed by atoms with Crippen molar-refractivity contribution in [3.8, 4) is 0 Å². The molecule has 0 aliphatic rings. The predicted molar refractivity (Wildman–Crippen MR) is 67.2 cm³/mol. The van der Waals surface area contributed by atoms with Gasteiger partial charge in [0, 0.05) is 17.1 Å². The van der Waals surface area contributed by atoms with Crippen LogP contribution in [0.5, 0.6) is 0 Å². The zero-order chi connectivity index (χ0) is 12.3. The maximum absolute atomic E-state index is 11.7. The molecule has 0 spiro atoms. The molecule has 0 radical (unpaired) electrons. The second-order valence-electron chi connectivity index (χ2n) is 3.71. The van der Waals surface area contributed by atoms with E-state index >= 15 is 0 Å². The minimum Gasteiger partial charge on any atom is -0.298 e. The minimum atomic E-state index is -3.30. The fraction of sp³-hybridized carbons (Fsp3) is 0.364. The van der Waals surface area contributed by atoms with Gasteiger partial charge in [-0.3, -0.25) is 4.79 Å². The van der Waals surface area contributed by atoms with Crippen LogP contribution >= 0.6 is 15.9 Å². The zero-order valence-electron chi connectivity index (χ0n) is 9.10. The Hall–Kier alpha value is -0.680. The molecule has 0 aromatic heterocycles. The first-order valence-electron chi connectivity index (χ1n) is 4.77. The summed E-state index contributed by atoms with van der Waals surface area (Å²) in [5.74, 6) is -0.283. The Morgan fingerprint density at radius 1 is 1.38 bits per heavy atom. The summed E-state index contributed by atoms with van der Waals surface area (Å²) >= 11 is 3.32. The topological polar surface area (TPSA) is 51.2 Å². The van der Waals surface area contributed by atoms with Crippen molar-refractivity contribution in [2.24, 2.45) is 0 Å². The third kappa shape index (κ3) is 3.42. The van der Waals surface area contributed by atoms with E-state index in [0.717, 1.165) is 16.3 Å². The van der Waals surface area contributed by atoms with Gasteiger partial charge in [0.05, 0.1) is 0 Å². The number of rotatable bonds is 4. The number of sulfone groups is 1. The molecular weight excluding hydrogens is 292 g/mol. The van der Waals surface area contributed by atoms with E-state index in [4.69, 9.17) is 0 Å². The van der Waals surface area contributed by atoms with Gasteiger partial charge in [0.25, 0.3) is 0 Å². The number of hydrogen-bond donors (Lipinski definition) is 0. The molecule has 0 fully saturated rings. The van der Waals surface area contributed by atoms with Crippen LogP contribution < -0.4 is 0 Å².